The highest BCUT2D eigenvalue weighted by molar-refractivity contribution is 5.98. The van der Waals surface area contributed by atoms with Gasteiger partial charge in [0.2, 0.25) is 0 Å². The Morgan fingerprint density at radius 3 is 3.18 bits per heavy atom. The highest BCUT2D eigenvalue weighted by Gasteiger charge is 2.19. The molecule has 1 amide bonds. The molecule has 1 aromatic heterocycles. The van der Waals surface area contributed by atoms with E-state index in [-0.39, 0.29) is 0 Å². The predicted molar refractivity (Wildman–Crippen MR) is 65.0 cm³/mol. The Morgan fingerprint density at radius 1 is 1.71 bits per heavy atom. The van der Waals surface area contributed by atoms with Gasteiger partial charge in [-0.25, -0.2) is 0 Å². The maximum absolute atomic E-state index is 11.3. The molecule has 0 radical (unpaired) electrons. The SMILES string of the molecule is CN(CC1CCOC1)c1ccncc1C(N)=O. The number of nitrogens with two attached hydrogens (primary N) is 1. The number of hydrogen-bond donors (Lipinski definition) is 1. The van der Waals surface area contributed by atoms with E-state index in [9.17, 15) is 4.79 Å². The van der Waals surface area contributed by atoms with Crippen molar-refractivity contribution >= 4 is 11.6 Å². The number of anilines is 1. The van der Waals surface area contributed by atoms with Crippen molar-refractivity contribution < 1.29 is 9.53 Å². The Hall–Kier alpha value is -1.62. The number of nitrogens with zero attached hydrogens (tertiary/aromatic N) is 2. The van der Waals surface area contributed by atoms with Gasteiger partial charge in [0.05, 0.1) is 17.9 Å². The van der Waals surface area contributed by atoms with Crippen LogP contribution in [0.25, 0.3) is 0 Å². The zero-order valence-electron chi connectivity index (χ0n) is 9.93. The van der Waals surface area contributed by atoms with Gasteiger partial charge < -0.3 is 15.4 Å². The van der Waals surface area contributed by atoms with Crippen LogP contribution in [0.5, 0.6) is 0 Å². The molecule has 0 aliphatic carbocycles. The summed E-state index contributed by atoms with van der Waals surface area (Å²) in [5, 5.41) is 0. The first kappa shape index (κ1) is 11.9. The Morgan fingerprint density at radius 2 is 2.53 bits per heavy atom. The molecule has 2 heterocycles. The molecule has 1 aliphatic heterocycles. The summed E-state index contributed by atoms with van der Waals surface area (Å²) in [6.45, 7) is 2.49. The summed E-state index contributed by atoms with van der Waals surface area (Å²) in [7, 11) is 1.96. The van der Waals surface area contributed by atoms with Crippen molar-refractivity contribution in [2.75, 3.05) is 31.7 Å². The van der Waals surface area contributed by atoms with Crippen LogP contribution in [0.3, 0.4) is 0 Å². The molecule has 1 fully saturated rings. The first-order chi connectivity index (χ1) is 8.18. The van der Waals surface area contributed by atoms with Crippen LogP contribution in [-0.2, 0) is 4.74 Å². The van der Waals surface area contributed by atoms with Gasteiger partial charge in [0.25, 0.3) is 5.91 Å². The standard InChI is InChI=1S/C12H17N3O2/c1-15(7-9-3-5-17-8-9)11-2-4-14-6-10(11)12(13)16/h2,4,6,9H,3,5,7-8H2,1H3,(H2,13,16). The Balaban J connectivity index is 2.12. The largest absolute Gasteiger partial charge is 0.381 e. The second kappa shape index (κ2) is 5.14. The van der Waals surface area contributed by atoms with Gasteiger partial charge in [0.1, 0.15) is 0 Å². The van der Waals surface area contributed by atoms with Crippen LogP contribution in [0.15, 0.2) is 18.5 Å². The molecule has 1 aromatic rings. The summed E-state index contributed by atoms with van der Waals surface area (Å²) in [5.74, 6) is 0.0801. The molecule has 0 spiro atoms. The van der Waals surface area contributed by atoms with Crippen LogP contribution in [0.2, 0.25) is 0 Å². The van der Waals surface area contributed by atoms with Gasteiger partial charge in [0, 0.05) is 38.5 Å². The number of hydrogen-bond acceptors (Lipinski definition) is 4. The lowest BCUT2D eigenvalue weighted by Gasteiger charge is -2.23. The lowest BCUT2D eigenvalue weighted by molar-refractivity contribution is 0.100. The van der Waals surface area contributed by atoms with E-state index in [4.69, 9.17) is 10.5 Å². The molecule has 0 bridgehead atoms. The zero-order chi connectivity index (χ0) is 12.3. The first-order valence-corrected chi connectivity index (χ1v) is 5.71. The number of rotatable bonds is 4. The van der Waals surface area contributed by atoms with Crippen LogP contribution >= 0.6 is 0 Å². The minimum Gasteiger partial charge on any atom is -0.381 e. The Labute approximate surface area is 101 Å². The van der Waals surface area contributed by atoms with Gasteiger partial charge in [-0.15, -0.1) is 0 Å². The second-order valence-electron chi connectivity index (χ2n) is 4.37. The maximum Gasteiger partial charge on any atom is 0.252 e. The summed E-state index contributed by atoms with van der Waals surface area (Å²) >= 11 is 0. The molecule has 1 unspecified atom stereocenters. The van der Waals surface area contributed by atoms with Crippen molar-refractivity contribution in [3.05, 3.63) is 24.0 Å². The predicted octanol–water partition coefficient (Wildman–Crippen LogP) is 0.653. The Kier molecular flexibility index (Phi) is 3.58. The van der Waals surface area contributed by atoms with Gasteiger partial charge >= 0.3 is 0 Å². The van der Waals surface area contributed by atoms with Crippen molar-refractivity contribution in [3.8, 4) is 0 Å². The molecular weight excluding hydrogens is 218 g/mol. The molecule has 1 atom stereocenters. The average molecular weight is 235 g/mol. The van der Waals surface area contributed by atoms with Gasteiger partial charge in [0.15, 0.2) is 0 Å². The molecule has 5 nitrogen and oxygen atoms in total. The molecule has 0 aromatic carbocycles. The van der Waals surface area contributed by atoms with Gasteiger partial charge in [-0.05, 0) is 12.5 Å². The maximum atomic E-state index is 11.3. The molecule has 1 aliphatic rings. The van der Waals surface area contributed by atoms with E-state index in [0.29, 0.717) is 11.5 Å². The minimum atomic E-state index is -0.442. The lowest BCUT2D eigenvalue weighted by atomic mass is 10.1. The summed E-state index contributed by atoms with van der Waals surface area (Å²) in [5.41, 5.74) is 6.63. The smallest absolute Gasteiger partial charge is 0.252 e. The normalized spacial score (nSPS) is 19.2. The third kappa shape index (κ3) is 2.74. The lowest BCUT2D eigenvalue weighted by Crippen LogP contribution is -2.28. The van der Waals surface area contributed by atoms with E-state index in [0.717, 1.165) is 31.9 Å². The van der Waals surface area contributed by atoms with Crippen LogP contribution in [-0.4, -0.2) is 37.7 Å². The third-order valence-corrected chi connectivity index (χ3v) is 3.03. The average Bonchev–Trinajstić information content (AvgIpc) is 2.81. The van der Waals surface area contributed by atoms with E-state index < -0.39 is 5.91 Å². The second-order valence-corrected chi connectivity index (χ2v) is 4.37. The van der Waals surface area contributed by atoms with E-state index >= 15 is 0 Å². The van der Waals surface area contributed by atoms with Gasteiger partial charge in [-0.2, -0.15) is 0 Å². The highest BCUT2D eigenvalue weighted by atomic mass is 16.5. The minimum absolute atomic E-state index is 0.442. The van der Waals surface area contributed by atoms with Crippen molar-refractivity contribution in [1.82, 2.24) is 4.98 Å². The van der Waals surface area contributed by atoms with Crippen LogP contribution < -0.4 is 10.6 Å². The van der Waals surface area contributed by atoms with Gasteiger partial charge in [-0.1, -0.05) is 0 Å². The molecule has 2 rings (SSSR count). The fourth-order valence-corrected chi connectivity index (χ4v) is 2.12. The fourth-order valence-electron chi connectivity index (χ4n) is 2.12. The molecular formula is C12H17N3O2. The zero-order valence-corrected chi connectivity index (χ0v) is 9.93. The number of carbonyl (C=O) groups excluding carboxylic acids is 1. The number of pyridine rings is 1. The number of amides is 1. The van der Waals surface area contributed by atoms with Crippen LogP contribution in [0.1, 0.15) is 16.8 Å². The van der Waals surface area contributed by atoms with Crippen molar-refractivity contribution in [3.63, 3.8) is 0 Å². The molecule has 5 heteroatoms. The van der Waals surface area contributed by atoms with E-state index in [1.165, 1.54) is 6.20 Å². The molecule has 92 valence electrons. The number of ether oxygens (including phenoxy) is 1. The van der Waals surface area contributed by atoms with Crippen LogP contribution in [0.4, 0.5) is 5.69 Å². The van der Waals surface area contributed by atoms with E-state index in [1.807, 2.05) is 18.0 Å². The molecule has 2 N–H and O–H groups in total. The summed E-state index contributed by atoms with van der Waals surface area (Å²) in [4.78, 5) is 17.3. The molecule has 0 saturated carbocycles. The fraction of sp³-hybridized carbons (Fsp3) is 0.500. The quantitative estimate of drug-likeness (QED) is 0.832. The number of carbonyl (C=O) groups is 1. The highest BCUT2D eigenvalue weighted by Crippen LogP contribution is 2.21. The third-order valence-electron chi connectivity index (χ3n) is 3.03. The monoisotopic (exact) mass is 235 g/mol. The number of primary amides is 1. The van der Waals surface area contributed by atoms with Crippen LogP contribution in [0, 0.1) is 5.92 Å². The first-order valence-electron chi connectivity index (χ1n) is 5.71. The van der Waals surface area contributed by atoms with Crippen molar-refractivity contribution in [2.24, 2.45) is 11.7 Å². The molecule has 17 heavy (non-hydrogen) atoms. The number of aromatic nitrogens is 1. The summed E-state index contributed by atoms with van der Waals surface area (Å²) < 4.78 is 5.34. The van der Waals surface area contributed by atoms with Gasteiger partial charge in [-0.3, -0.25) is 9.78 Å². The Bertz CT molecular complexity index is 402. The van der Waals surface area contributed by atoms with E-state index in [1.54, 1.807) is 6.20 Å². The molecule has 1 saturated heterocycles. The summed E-state index contributed by atoms with van der Waals surface area (Å²) in [6, 6.07) is 1.82. The van der Waals surface area contributed by atoms with Crippen molar-refractivity contribution in [2.45, 2.75) is 6.42 Å². The van der Waals surface area contributed by atoms with Crippen molar-refractivity contribution in [1.29, 1.82) is 0 Å². The van der Waals surface area contributed by atoms with E-state index in [2.05, 4.69) is 4.98 Å². The summed E-state index contributed by atoms with van der Waals surface area (Å²) in [6.07, 6.45) is 4.25. The topological polar surface area (TPSA) is 68.4 Å².